The van der Waals surface area contributed by atoms with Crippen LogP contribution in [-0.4, -0.2) is 36.5 Å². The van der Waals surface area contributed by atoms with E-state index in [1.807, 2.05) is 0 Å². The third-order valence-electron chi connectivity index (χ3n) is 2.69. The van der Waals surface area contributed by atoms with Gasteiger partial charge in [-0.1, -0.05) is 0 Å². The van der Waals surface area contributed by atoms with E-state index in [2.05, 4.69) is 10.2 Å². The van der Waals surface area contributed by atoms with Gasteiger partial charge in [0.2, 0.25) is 0 Å². The molecule has 2 aliphatic heterocycles. The van der Waals surface area contributed by atoms with Gasteiger partial charge in [-0.2, -0.15) is 0 Å². The van der Waals surface area contributed by atoms with Crippen LogP contribution in [0.4, 0.5) is 0 Å². The van der Waals surface area contributed by atoms with E-state index in [1.54, 1.807) is 0 Å². The van der Waals surface area contributed by atoms with Gasteiger partial charge in [0.1, 0.15) is 6.29 Å². The average molecular weight is 154 g/mol. The van der Waals surface area contributed by atoms with E-state index in [0.29, 0.717) is 6.17 Å². The van der Waals surface area contributed by atoms with E-state index in [-0.39, 0.29) is 6.04 Å². The molecule has 0 saturated carbocycles. The van der Waals surface area contributed by atoms with E-state index in [1.165, 1.54) is 6.42 Å². The lowest BCUT2D eigenvalue weighted by Gasteiger charge is -2.32. The largest absolute Gasteiger partial charge is 0.302 e. The van der Waals surface area contributed by atoms with Crippen molar-refractivity contribution in [1.29, 1.82) is 0 Å². The zero-order chi connectivity index (χ0) is 7.68. The van der Waals surface area contributed by atoms with Crippen molar-refractivity contribution in [1.82, 2.24) is 10.2 Å². The fourth-order valence-electron chi connectivity index (χ4n) is 2.11. The molecule has 0 aliphatic carbocycles. The second-order valence-electron chi connectivity index (χ2n) is 3.34. The van der Waals surface area contributed by atoms with E-state index in [0.717, 1.165) is 32.2 Å². The first-order chi connectivity index (χ1) is 5.42. The average Bonchev–Trinajstić information content (AvgIpc) is 2.47. The van der Waals surface area contributed by atoms with Crippen LogP contribution in [0.1, 0.15) is 19.3 Å². The molecular weight excluding hydrogens is 140 g/mol. The number of fused-ring (bicyclic) bond motifs is 1. The molecule has 2 unspecified atom stereocenters. The van der Waals surface area contributed by atoms with Crippen molar-refractivity contribution in [2.45, 2.75) is 31.5 Å². The highest BCUT2D eigenvalue weighted by Gasteiger charge is 2.33. The van der Waals surface area contributed by atoms with Gasteiger partial charge in [-0.3, -0.25) is 4.90 Å². The Morgan fingerprint density at radius 1 is 1.45 bits per heavy atom. The van der Waals surface area contributed by atoms with Gasteiger partial charge in [-0.05, 0) is 25.8 Å². The smallest absolute Gasteiger partial charge is 0.137 e. The Bertz CT molecular complexity index is 160. The topological polar surface area (TPSA) is 32.3 Å². The Hall–Kier alpha value is -0.410. The molecule has 2 aliphatic rings. The highest BCUT2D eigenvalue weighted by molar-refractivity contribution is 5.58. The van der Waals surface area contributed by atoms with Crippen molar-refractivity contribution in [3.63, 3.8) is 0 Å². The molecule has 2 heterocycles. The van der Waals surface area contributed by atoms with Crippen molar-refractivity contribution >= 4 is 6.29 Å². The summed E-state index contributed by atoms with van der Waals surface area (Å²) < 4.78 is 0. The minimum atomic E-state index is 0.202. The Kier molecular flexibility index (Phi) is 1.92. The zero-order valence-corrected chi connectivity index (χ0v) is 6.62. The number of hydrogen-bond donors (Lipinski definition) is 1. The lowest BCUT2D eigenvalue weighted by atomic mass is 10.2. The van der Waals surface area contributed by atoms with Crippen LogP contribution in [0.2, 0.25) is 0 Å². The molecule has 11 heavy (non-hydrogen) atoms. The van der Waals surface area contributed by atoms with Gasteiger partial charge in [0.05, 0.1) is 12.2 Å². The molecule has 2 saturated heterocycles. The van der Waals surface area contributed by atoms with Gasteiger partial charge in [0.15, 0.2) is 0 Å². The van der Waals surface area contributed by atoms with Crippen LogP contribution in [0, 0.1) is 0 Å². The first-order valence-corrected chi connectivity index (χ1v) is 4.36. The van der Waals surface area contributed by atoms with Gasteiger partial charge in [-0.25, -0.2) is 0 Å². The lowest BCUT2D eigenvalue weighted by Crippen LogP contribution is -2.50. The van der Waals surface area contributed by atoms with Crippen LogP contribution < -0.4 is 5.32 Å². The maximum Gasteiger partial charge on any atom is 0.137 e. The number of rotatable bonds is 1. The molecule has 3 heteroatoms. The number of hydrogen-bond acceptors (Lipinski definition) is 3. The Balaban J connectivity index is 2.03. The lowest BCUT2D eigenvalue weighted by molar-refractivity contribution is -0.112. The molecular formula is C8H14N2O. The molecule has 0 amide bonds. The molecule has 0 bridgehead atoms. The summed E-state index contributed by atoms with van der Waals surface area (Å²) in [6, 6.07) is 0.202. The monoisotopic (exact) mass is 154 g/mol. The van der Waals surface area contributed by atoms with Gasteiger partial charge in [0.25, 0.3) is 0 Å². The number of nitrogens with zero attached hydrogens (tertiary/aromatic N) is 1. The van der Waals surface area contributed by atoms with Crippen LogP contribution >= 0.6 is 0 Å². The van der Waals surface area contributed by atoms with Crippen LogP contribution in [0.15, 0.2) is 0 Å². The number of nitrogens with one attached hydrogen (secondary N) is 1. The highest BCUT2D eigenvalue weighted by atomic mass is 16.1. The summed E-state index contributed by atoms with van der Waals surface area (Å²) >= 11 is 0. The van der Waals surface area contributed by atoms with E-state index in [9.17, 15) is 4.79 Å². The predicted octanol–water partition coefficient (Wildman–Crippen LogP) is -0.0309. The number of aldehydes is 1. The summed E-state index contributed by atoms with van der Waals surface area (Å²) in [5.41, 5.74) is 0. The first kappa shape index (κ1) is 7.25. The van der Waals surface area contributed by atoms with Crippen LogP contribution in [0.25, 0.3) is 0 Å². The van der Waals surface area contributed by atoms with Crippen LogP contribution in [0.5, 0.6) is 0 Å². The molecule has 1 N–H and O–H groups in total. The standard InChI is InChI=1S/C8H14N2O/c11-6-7-2-3-8-9-4-1-5-10(7)8/h6-9H,1-5H2. The SMILES string of the molecule is O=CC1CCC2NCCCN12. The van der Waals surface area contributed by atoms with E-state index < -0.39 is 0 Å². The molecule has 0 aromatic carbocycles. The van der Waals surface area contributed by atoms with Crippen LogP contribution in [0.3, 0.4) is 0 Å². The van der Waals surface area contributed by atoms with Crippen molar-refractivity contribution < 1.29 is 4.79 Å². The highest BCUT2D eigenvalue weighted by Crippen LogP contribution is 2.23. The van der Waals surface area contributed by atoms with Gasteiger partial charge < -0.3 is 10.1 Å². The molecule has 0 aromatic heterocycles. The van der Waals surface area contributed by atoms with Crippen molar-refractivity contribution in [3.05, 3.63) is 0 Å². The molecule has 2 atom stereocenters. The Morgan fingerprint density at radius 2 is 2.36 bits per heavy atom. The Labute approximate surface area is 66.8 Å². The maximum absolute atomic E-state index is 10.6. The zero-order valence-electron chi connectivity index (χ0n) is 6.62. The minimum Gasteiger partial charge on any atom is -0.302 e. The molecule has 62 valence electrons. The summed E-state index contributed by atoms with van der Waals surface area (Å²) in [6.45, 7) is 2.22. The fraction of sp³-hybridized carbons (Fsp3) is 0.875. The molecule has 0 spiro atoms. The third kappa shape index (κ3) is 1.19. The van der Waals surface area contributed by atoms with Gasteiger partial charge >= 0.3 is 0 Å². The van der Waals surface area contributed by atoms with E-state index in [4.69, 9.17) is 0 Å². The normalized spacial score (nSPS) is 38.5. The summed E-state index contributed by atoms with van der Waals surface area (Å²) in [6.07, 6.45) is 4.96. The molecule has 3 nitrogen and oxygen atoms in total. The summed E-state index contributed by atoms with van der Waals surface area (Å²) in [7, 11) is 0. The summed E-state index contributed by atoms with van der Waals surface area (Å²) in [5, 5.41) is 3.41. The van der Waals surface area contributed by atoms with Gasteiger partial charge in [0, 0.05) is 6.54 Å². The predicted molar refractivity (Wildman–Crippen MR) is 42.2 cm³/mol. The second kappa shape index (κ2) is 2.91. The Morgan fingerprint density at radius 3 is 3.18 bits per heavy atom. The van der Waals surface area contributed by atoms with Crippen molar-refractivity contribution in [2.75, 3.05) is 13.1 Å². The number of carbonyl (C=O) groups excluding carboxylic acids is 1. The minimum absolute atomic E-state index is 0.202. The first-order valence-electron chi connectivity index (χ1n) is 4.36. The summed E-state index contributed by atoms with van der Waals surface area (Å²) in [5.74, 6) is 0. The van der Waals surface area contributed by atoms with Crippen molar-refractivity contribution in [2.24, 2.45) is 0 Å². The molecule has 0 aromatic rings. The third-order valence-corrected chi connectivity index (χ3v) is 2.69. The molecule has 2 fully saturated rings. The second-order valence-corrected chi connectivity index (χ2v) is 3.34. The van der Waals surface area contributed by atoms with E-state index >= 15 is 0 Å². The molecule has 0 radical (unpaired) electrons. The van der Waals surface area contributed by atoms with Gasteiger partial charge in [-0.15, -0.1) is 0 Å². The fourth-order valence-corrected chi connectivity index (χ4v) is 2.11. The number of carbonyl (C=O) groups is 1. The molecule has 2 rings (SSSR count). The maximum atomic E-state index is 10.6. The van der Waals surface area contributed by atoms with Crippen molar-refractivity contribution in [3.8, 4) is 0 Å². The quantitative estimate of drug-likeness (QED) is 0.538. The van der Waals surface area contributed by atoms with Crippen LogP contribution in [-0.2, 0) is 4.79 Å². The summed E-state index contributed by atoms with van der Waals surface area (Å²) in [4.78, 5) is 12.9.